The van der Waals surface area contributed by atoms with Crippen LogP contribution in [0.15, 0.2) is 24.3 Å². The number of hydrogen-bond acceptors (Lipinski definition) is 2. The van der Waals surface area contributed by atoms with E-state index in [1.54, 1.807) is 12.1 Å². The molecule has 1 fully saturated rings. The molecule has 1 saturated carbocycles. The Kier molecular flexibility index (Phi) is 6.25. The number of nitrogens with one attached hydrogen (secondary N) is 1. The van der Waals surface area contributed by atoms with Crippen LogP contribution in [0.3, 0.4) is 0 Å². The standard InChI is InChI=1S/C14H19FN2O.ClH/c15-11-5-3-6-12(9-11)17-14(18)8-10-4-1-2-7-13(10)16;/h3,5-6,9-10,13H,1-2,4,7-8,16H2,(H,17,18);1H. The lowest BCUT2D eigenvalue weighted by Crippen LogP contribution is -2.35. The van der Waals surface area contributed by atoms with Gasteiger partial charge in [-0.1, -0.05) is 18.9 Å². The summed E-state index contributed by atoms with van der Waals surface area (Å²) in [7, 11) is 0. The molecule has 19 heavy (non-hydrogen) atoms. The molecule has 5 heteroatoms. The molecule has 3 N–H and O–H groups in total. The molecule has 2 rings (SSSR count). The van der Waals surface area contributed by atoms with Gasteiger partial charge in [-0.05, 0) is 37.0 Å². The van der Waals surface area contributed by atoms with Crippen molar-refractivity contribution in [3.05, 3.63) is 30.1 Å². The molecule has 2 atom stereocenters. The van der Waals surface area contributed by atoms with E-state index < -0.39 is 0 Å². The predicted molar refractivity (Wildman–Crippen MR) is 76.8 cm³/mol. The molecule has 0 spiro atoms. The van der Waals surface area contributed by atoms with Gasteiger partial charge in [0.05, 0.1) is 0 Å². The van der Waals surface area contributed by atoms with Gasteiger partial charge in [-0.15, -0.1) is 12.4 Å². The Balaban J connectivity index is 0.00000180. The Labute approximate surface area is 119 Å². The summed E-state index contributed by atoms with van der Waals surface area (Å²) in [6.07, 6.45) is 4.74. The largest absolute Gasteiger partial charge is 0.327 e. The lowest BCUT2D eigenvalue weighted by Gasteiger charge is -2.27. The third kappa shape index (κ3) is 4.80. The topological polar surface area (TPSA) is 55.1 Å². The highest BCUT2D eigenvalue weighted by Gasteiger charge is 2.24. The Morgan fingerprint density at radius 2 is 2.11 bits per heavy atom. The Morgan fingerprint density at radius 3 is 2.79 bits per heavy atom. The van der Waals surface area contributed by atoms with E-state index in [0.29, 0.717) is 12.1 Å². The van der Waals surface area contributed by atoms with Crippen LogP contribution in [0.2, 0.25) is 0 Å². The molecule has 1 aromatic carbocycles. The van der Waals surface area contributed by atoms with Gasteiger partial charge in [-0.25, -0.2) is 4.39 Å². The van der Waals surface area contributed by atoms with E-state index in [2.05, 4.69) is 5.32 Å². The van der Waals surface area contributed by atoms with Crippen LogP contribution in [0.25, 0.3) is 0 Å². The average Bonchev–Trinajstić information content (AvgIpc) is 2.32. The molecule has 106 valence electrons. The van der Waals surface area contributed by atoms with Gasteiger partial charge in [0.25, 0.3) is 0 Å². The van der Waals surface area contributed by atoms with Gasteiger partial charge < -0.3 is 11.1 Å². The first-order valence-electron chi connectivity index (χ1n) is 6.46. The van der Waals surface area contributed by atoms with Gasteiger partial charge in [-0.3, -0.25) is 4.79 Å². The molecule has 2 unspecified atom stereocenters. The number of carbonyl (C=O) groups excluding carboxylic acids is 1. The van der Waals surface area contributed by atoms with Crippen molar-refractivity contribution >= 4 is 24.0 Å². The highest BCUT2D eigenvalue weighted by Crippen LogP contribution is 2.26. The van der Waals surface area contributed by atoms with Gasteiger partial charge in [-0.2, -0.15) is 0 Å². The number of rotatable bonds is 3. The summed E-state index contributed by atoms with van der Waals surface area (Å²) in [6.45, 7) is 0. The second-order valence-corrected chi connectivity index (χ2v) is 4.97. The van der Waals surface area contributed by atoms with Crippen molar-refractivity contribution in [3.63, 3.8) is 0 Å². The van der Waals surface area contributed by atoms with Crippen LogP contribution >= 0.6 is 12.4 Å². The first-order chi connectivity index (χ1) is 8.65. The van der Waals surface area contributed by atoms with E-state index in [1.165, 1.54) is 12.1 Å². The number of carbonyl (C=O) groups is 1. The highest BCUT2D eigenvalue weighted by atomic mass is 35.5. The zero-order chi connectivity index (χ0) is 13.0. The fourth-order valence-electron chi connectivity index (χ4n) is 2.51. The number of anilines is 1. The van der Waals surface area contributed by atoms with Gasteiger partial charge in [0.2, 0.25) is 5.91 Å². The molecule has 1 amide bonds. The Morgan fingerprint density at radius 1 is 1.37 bits per heavy atom. The predicted octanol–water partition coefficient (Wildman–Crippen LogP) is 3.09. The SMILES string of the molecule is Cl.NC1CCCCC1CC(=O)Nc1cccc(F)c1. The molecule has 0 saturated heterocycles. The van der Waals surface area contributed by atoms with Gasteiger partial charge in [0.15, 0.2) is 0 Å². The van der Waals surface area contributed by atoms with Gasteiger partial charge in [0, 0.05) is 18.2 Å². The molecule has 0 bridgehead atoms. The maximum atomic E-state index is 13.0. The van der Waals surface area contributed by atoms with Crippen LogP contribution in [0.4, 0.5) is 10.1 Å². The van der Waals surface area contributed by atoms with Crippen molar-refractivity contribution in [2.24, 2.45) is 11.7 Å². The smallest absolute Gasteiger partial charge is 0.224 e. The quantitative estimate of drug-likeness (QED) is 0.897. The van der Waals surface area contributed by atoms with E-state index in [1.807, 2.05) is 0 Å². The van der Waals surface area contributed by atoms with E-state index in [4.69, 9.17) is 5.73 Å². The summed E-state index contributed by atoms with van der Waals surface area (Å²) >= 11 is 0. The lowest BCUT2D eigenvalue weighted by molar-refractivity contribution is -0.117. The molecule has 1 aliphatic rings. The number of nitrogens with two attached hydrogens (primary N) is 1. The highest BCUT2D eigenvalue weighted by molar-refractivity contribution is 5.90. The van der Waals surface area contributed by atoms with Crippen LogP contribution in [0.1, 0.15) is 32.1 Å². The maximum absolute atomic E-state index is 13.0. The number of benzene rings is 1. The third-order valence-corrected chi connectivity index (χ3v) is 3.52. The summed E-state index contributed by atoms with van der Waals surface area (Å²) < 4.78 is 13.0. The van der Waals surface area contributed by atoms with Crippen LogP contribution in [-0.4, -0.2) is 11.9 Å². The zero-order valence-corrected chi connectivity index (χ0v) is 11.6. The fraction of sp³-hybridized carbons (Fsp3) is 0.500. The monoisotopic (exact) mass is 286 g/mol. The molecule has 0 aliphatic heterocycles. The summed E-state index contributed by atoms with van der Waals surface area (Å²) in [6, 6.07) is 6.06. The Bertz CT molecular complexity index is 428. The number of hydrogen-bond donors (Lipinski definition) is 2. The van der Waals surface area contributed by atoms with E-state index in [0.717, 1.165) is 25.7 Å². The molecule has 3 nitrogen and oxygen atoms in total. The molecule has 0 aromatic heterocycles. The molecular weight excluding hydrogens is 267 g/mol. The fourth-order valence-corrected chi connectivity index (χ4v) is 2.51. The minimum atomic E-state index is -0.345. The molecule has 1 aliphatic carbocycles. The summed E-state index contributed by atoms with van der Waals surface area (Å²) in [4.78, 5) is 11.8. The van der Waals surface area contributed by atoms with Crippen LogP contribution in [0, 0.1) is 11.7 Å². The normalized spacial score (nSPS) is 22.4. The second kappa shape index (κ2) is 7.46. The lowest BCUT2D eigenvalue weighted by atomic mass is 9.83. The van der Waals surface area contributed by atoms with E-state index >= 15 is 0 Å². The van der Waals surface area contributed by atoms with Gasteiger partial charge >= 0.3 is 0 Å². The summed E-state index contributed by atoms with van der Waals surface area (Å²) in [5.41, 5.74) is 6.51. The molecule has 0 heterocycles. The molecule has 1 aromatic rings. The number of amides is 1. The number of halogens is 2. The van der Waals surface area contributed by atoms with Crippen molar-refractivity contribution in [2.75, 3.05) is 5.32 Å². The van der Waals surface area contributed by atoms with Crippen molar-refractivity contribution < 1.29 is 9.18 Å². The third-order valence-electron chi connectivity index (χ3n) is 3.52. The van der Waals surface area contributed by atoms with Crippen LogP contribution in [-0.2, 0) is 4.79 Å². The maximum Gasteiger partial charge on any atom is 0.224 e. The van der Waals surface area contributed by atoms with Crippen molar-refractivity contribution in [2.45, 2.75) is 38.1 Å². The van der Waals surface area contributed by atoms with E-state index in [9.17, 15) is 9.18 Å². The molecule has 0 radical (unpaired) electrons. The van der Waals surface area contributed by atoms with Gasteiger partial charge in [0.1, 0.15) is 5.82 Å². The van der Waals surface area contributed by atoms with Crippen LogP contribution < -0.4 is 11.1 Å². The molecular formula is C14H20ClFN2O. The van der Waals surface area contributed by atoms with E-state index in [-0.39, 0.29) is 36.1 Å². The summed E-state index contributed by atoms with van der Waals surface area (Å²) in [5, 5.41) is 2.72. The van der Waals surface area contributed by atoms with Crippen molar-refractivity contribution in [1.29, 1.82) is 0 Å². The van der Waals surface area contributed by atoms with Crippen molar-refractivity contribution in [1.82, 2.24) is 0 Å². The minimum absolute atomic E-state index is 0. The zero-order valence-electron chi connectivity index (χ0n) is 10.8. The second-order valence-electron chi connectivity index (χ2n) is 4.97. The average molecular weight is 287 g/mol. The van der Waals surface area contributed by atoms with Crippen LogP contribution in [0.5, 0.6) is 0 Å². The minimum Gasteiger partial charge on any atom is -0.327 e. The summed E-state index contributed by atoms with van der Waals surface area (Å²) in [5.74, 6) is -0.169. The van der Waals surface area contributed by atoms with Crippen molar-refractivity contribution in [3.8, 4) is 0 Å². The Hall–Kier alpha value is -1.13. The first-order valence-corrected chi connectivity index (χ1v) is 6.46. The first kappa shape index (κ1) is 15.9.